The molecule has 2 rings (SSSR count). The van der Waals surface area contributed by atoms with Gasteiger partial charge in [0.05, 0.1) is 21.8 Å². The van der Waals surface area contributed by atoms with Crippen molar-refractivity contribution in [3.63, 3.8) is 0 Å². The quantitative estimate of drug-likeness (QED) is 0.892. The summed E-state index contributed by atoms with van der Waals surface area (Å²) >= 11 is 11.4. The van der Waals surface area contributed by atoms with E-state index in [-0.39, 0.29) is 26.9 Å². The molecule has 0 atom stereocenters. The minimum absolute atomic E-state index is 0.0284. The van der Waals surface area contributed by atoms with Crippen LogP contribution >= 0.6 is 23.2 Å². The first-order chi connectivity index (χ1) is 9.90. The fourth-order valence-corrected chi connectivity index (χ4v) is 2.02. The summed E-state index contributed by atoms with van der Waals surface area (Å²) in [4.78, 5) is 23.1. The molecule has 1 amide bonds. The minimum Gasteiger partial charge on any atom is -0.478 e. The summed E-state index contributed by atoms with van der Waals surface area (Å²) in [6.45, 7) is 0. The van der Waals surface area contributed by atoms with Gasteiger partial charge in [0, 0.05) is 5.02 Å². The molecule has 0 bridgehead atoms. The fourth-order valence-electron chi connectivity index (χ4n) is 1.68. The maximum Gasteiger partial charge on any atom is 0.337 e. The van der Waals surface area contributed by atoms with Gasteiger partial charge in [-0.1, -0.05) is 29.3 Å². The zero-order valence-corrected chi connectivity index (χ0v) is 11.9. The normalized spacial score (nSPS) is 10.2. The van der Waals surface area contributed by atoms with Crippen LogP contribution in [0, 0.1) is 5.82 Å². The molecule has 2 aromatic rings. The molecule has 0 aliphatic heterocycles. The standard InChI is InChI=1S/C14H8Cl2FNO3/c15-7-4-5-8(14(20)21)11(6-7)18-13(19)9-2-1-3-10(16)12(9)17/h1-6H,(H,18,19)(H,20,21). The monoisotopic (exact) mass is 327 g/mol. The highest BCUT2D eigenvalue weighted by Crippen LogP contribution is 2.23. The van der Waals surface area contributed by atoms with Crippen LogP contribution in [0.1, 0.15) is 20.7 Å². The molecule has 7 heteroatoms. The van der Waals surface area contributed by atoms with E-state index in [4.69, 9.17) is 28.3 Å². The van der Waals surface area contributed by atoms with Crippen molar-refractivity contribution in [1.82, 2.24) is 0 Å². The number of amides is 1. The summed E-state index contributed by atoms with van der Waals surface area (Å²) in [5.74, 6) is -2.94. The van der Waals surface area contributed by atoms with Crippen molar-refractivity contribution < 1.29 is 19.1 Å². The SMILES string of the molecule is O=C(O)c1ccc(Cl)cc1NC(=O)c1cccc(Cl)c1F. The number of rotatable bonds is 3. The summed E-state index contributed by atoms with van der Waals surface area (Å²) in [6, 6.07) is 7.84. The number of carboxylic acids is 1. The lowest BCUT2D eigenvalue weighted by Gasteiger charge is -2.10. The number of hydrogen-bond donors (Lipinski definition) is 2. The minimum atomic E-state index is -1.24. The summed E-state index contributed by atoms with van der Waals surface area (Å²) < 4.78 is 13.8. The Morgan fingerprint density at radius 1 is 1.10 bits per heavy atom. The van der Waals surface area contributed by atoms with Crippen molar-refractivity contribution in [2.24, 2.45) is 0 Å². The number of carboxylic acid groups (broad SMARTS) is 1. The second kappa shape index (κ2) is 6.11. The molecule has 0 unspecified atom stereocenters. The first-order valence-electron chi connectivity index (χ1n) is 5.68. The van der Waals surface area contributed by atoms with Crippen LogP contribution < -0.4 is 5.32 Å². The second-order valence-corrected chi connectivity index (χ2v) is 4.89. The van der Waals surface area contributed by atoms with Crippen LogP contribution in [0.25, 0.3) is 0 Å². The lowest BCUT2D eigenvalue weighted by atomic mass is 10.1. The van der Waals surface area contributed by atoms with E-state index < -0.39 is 17.7 Å². The molecule has 0 aromatic heterocycles. The number of halogens is 3. The van der Waals surface area contributed by atoms with E-state index in [0.717, 1.165) is 0 Å². The Kier molecular flexibility index (Phi) is 4.45. The van der Waals surface area contributed by atoms with Crippen LogP contribution in [0.5, 0.6) is 0 Å². The molecular formula is C14H8Cl2FNO3. The largest absolute Gasteiger partial charge is 0.478 e. The third kappa shape index (κ3) is 3.32. The maximum atomic E-state index is 13.8. The summed E-state index contributed by atoms with van der Waals surface area (Å²) in [5.41, 5.74) is -0.478. The van der Waals surface area contributed by atoms with Crippen molar-refractivity contribution in [3.8, 4) is 0 Å². The van der Waals surface area contributed by atoms with Crippen molar-refractivity contribution >= 4 is 40.8 Å². The molecule has 0 spiro atoms. The zero-order chi connectivity index (χ0) is 15.6. The van der Waals surface area contributed by atoms with Gasteiger partial charge in [0.1, 0.15) is 0 Å². The molecule has 21 heavy (non-hydrogen) atoms. The van der Waals surface area contributed by atoms with Gasteiger partial charge in [0.2, 0.25) is 0 Å². The van der Waals surface area contributed by atoms with Crippen LogP contribution in [0.15, 0.2) is 36.4 Å². The Labute approximate surface area is 129 Å². The Balaban J connectivity index is 2.38. The number of aromatic carboxylic acids is 1. The van der Waals surface area contributed by atoms with E-state index in [0.29, 0.717) is 0 Å². The van der Waals surface area contributed by atoms with E-state index in [2.05, 4.69) is 5.32 Å². The maximum absolute atomic E-state index is 13.8. The third-order valence-corrected chi connectivity index (χ3v) is 3.18. The Bertz CT molecular complexity index is 734. The van der Waals surface area contributed by atoms with Gasteiger partial charge in [-0.3, -0.25) is 4.79 Å². The number of nitrogens with one attached hydrogen (secondary N) is 1. The zero-order valence-electron chi connectivity index (χ0n) is 10.4. The first-order valence-corrected chi connectivity index (χ1v) is 6.44. The average molecular weight is 328 g/mol. The van der Waals surface area contributed by atoms with Crippen LogP contribution in [-0.4, -0.2) is 17.0 Å². The number of carbonyl (C=O) groups is 2. The van der Waals surface area contributed by atoms with Crippen LogP contribution in [0.4, 0.5) is 10.1 Å². The van der Waals surface area contributed by atoms with E-state index in [1.807, 2.05) is 0 Å². The van der Waals surface area contributed by atoms with Gasteiger partial charge in [-0.2, -0.15) is 0 Å². The Morgan fingerprint density at radius 2 is 1.81 bits per heavy atom. The molecule has 0 heterocycles. The summed E-state index contributed by atoms with van der Waals surface area (Å²) in [7, 11) is 0. The molecule has 0 aliphatic carbocycles. The molecule has 0 radical (unpaired) electrons. The van der Waals surface area contributed by atoms with Crippen molar-refractivity contribution in [1.29, 1.82) is 0 Å². The van der Waals surface area contributed by atoms with Gasteiger partial charge in [0.15, 0.2) is 5.82 Å². The number of anilines is 1. The molecule has 4 nitrogen and oxygen atoms in total. The van der Waals surface area contributed by atoms with Crippen LogP contribution in [-0.2, 0) is 0 Å². The van der Waals surface area contributed by atoms with Gasteiger partial charge < -0.3 is 10.4 Å². The van der Waals surface area contributed by atoms with Crippen molar-refractivity contribution in [2.75, 3.05) is 5.32 Å². The predicted molar refractivity (Wildman–Crippen MR) is 77.8 cm³/mol. The second-order valence-electron chi connectivity index (χ2n) is 4.05. The molecule has 0 fully saturated rings. The van der Waals surface area contributed by atoms with Crippen LogP contribution in [0.2, 0.25) is 10.0 Å². The summed E-state index contributed by atoms with van der Waals surface area (Å²) in [6.07, 6.45) is 0. The highest BCUT2D eigenvalue weighted by molar-refractivity contribution is 6.31. The summed E-state index contributed by atoms with van der Waals surface area (Å²) in [5, 5.41) is 11.4. The highest BCUT2D eigenvalue weighted by atomic mass is 35.5. The number of hydrogen-bond acceptors (Lipinski definition) is 2. The lowest BCUT2D eigenvalue weighted by molar-refractivity contribution is 0.0698. The van der Waals surface area contributed by atoms with Crippen LogP contribution in [0.3, 0.4) is 0 Å². The third-order valence-electron chi connectivity index (χ3n) is 2.66. The van der Waals surface area contributed by atoms with Gasteiger partial charge in [0.25, 0.3) is 5.91 Å². The molecule has 0 aliphatic rings. The molecular weight excluding hydrogens is 320 g/mol. The van der Waals surface area contributed by atoms with E-state index in [9.17, 15) is 14.0 Å². The van der Waals surface area contributed by atoms with Gasteiger partial charge in [-0.15, -0.1) is 0 Å². The van der Waals surface area contributed by atoms with Gasteiger partial charge in [-0.25, -0.2) is 9.18 Å². The Hall–Kier alpha value is -2.11. The lowest BCUT2D eigenvalue weighted by Crippen LogP contribution is -2.16. The highest BCUT2D eigenvalue weighted by Gasteiger charge is 2.17. The molecule has 0 saturated heterocycles. The fraction of sp³-hybridized carbons (Fsp3) is 0. The molecule has 2 N–H and O–H groups in total. The predicted octanol–water partition coefficient (Wildman–Crippen LogP) is 4.08. The number of carbonyl (C=O) groups excluding carboxylic acids is 1. The topological polar surface area (TPSA) is 66.4 Å². The van der Waals surface area contributed by atoms with Crippen molar-refractivity contribution in [2.45, 2.75) is 0 Å². The molecule has 0 saturated carbocycles. The molecule has 108 valence electrons. The molecule has 2 aromatic carbocycles. The first kappa shape index (κ1) is 15.3. The average Bonchev–Trinajstić information content (AvgIpc) is 2.41. The van der Waals surface area contributed by atoms with E-state index in [1.165, 1.54) is 36.4 Å². The smallest absolute Gasteiger partial charge is 0.337 e. The van der Waals surface area contributed by atoms with Gasteiger partial charge >= 0.3 is 5.97 Å². The number of benzene rings is 2. The van der Waals surface area contributed by atoms with Gasteiger partial charge in [-0.05, 0) is 30.3 Å². The Morgan fingerprint density at radius 3 is 2.48 bits per heavy atom. The van der Waals surface area contributed by atoms with Crippen molar-refractivity contribution in [3.05, 3.63) is 63.4 Å². The van der Waals surface area contributed by atoms with E-state index in [1.54, 1.807) is 0 Å². The van der Waals surface area contributed by atoms with E-state index >= 15 is 0 Å².